The predicted octanol–water partition coefficient (Wildman–Crippen LogP) is 2.35. The molecule has 16 heavy (non-hydrogen) atoms. The van der Waals surface area contributed by atoms with Gasteiger partial charge in [0.25, 0.3) is 0 Å². The number of rotatable bonds is 2. The van der Waals surface area contributed by atoms with Crippen molar-refractivity contribution in [2.45, 2.75) is 13.3 Å². The smallest absolute Gasteiger partial charge is 0.317 e. The summed E-state index contributed by atoms with van der Waals surface area (Å²) in [5, 5.41) is 9.91. The van der Waals surface area contributed by atoms with E-state index in [1.54, 1.807) is 13.0 Å². The molecule has 1 aromatic rings. The van der Waals surface area contributed by atoms with Crippen molar-refractivity contribution >= 4 is 17.6 Å². The summed E-state index contributed by atoms with van der Waals surface area (Å²) in [6.07, 6.45) is -0.000205. The van der Waals surface area contributed by atoms with Gasteiger partial charge in [-0.25, -0.2) is 0 Å². The quantitative estimate of drug-likeness (QED) is 0.636. The molecule has 3 nitrogen and oxygen atoms in total. The van der Waals surface area contributed by atoms with E-state index in [0.29, 0.717) is 17.2 Å². The van der Waals surface area contributed by atoms with Gasteiger partial charge in [0.15, 0.2) is 0 Å². The van der Waals surface area contributed by atoms with Crippen molar-refractivity contribution < 1.29 is 14.6 Å². The van der Waals surface area contributed by atoms with Gasteiger partial charge >= 0.3 is 5.97 Å². The van der Waals surface area contributed by atoms with Crippen LogP contribution in [0.5, 0.6) is 5.75 Å². The summed E-state index contributed by atoms with van der Waals surface area (Å²) in [6, 6.07) is 4.55. The minimum atomic E-state index is -0.378. The number of carbonyl (C=O) groups is 1. The van der Waals surface area contributed by atoms with Gasteiger partial charge < -0.3 is 9.84 Å². The highest BCUT2D eigenvalue weighted by molar-refractivity contribution is 6.30. The number of aromatic hydroxyl groups is 1. The Morgan fingerprint density at radius 3 is 3.00 bits per heavy atom. The Hall–Kier alpha value is -1.66. The summed E-state index contributed by atoms with van der Waals surface area (Å²) in [6.45, 7) is 2.07. The summed E-state index contributed by atoms with van der Waals surface area (Å²) >= 11 is 5.74. The summed E-state index contributed by atoms with van der Waals surface area (Å²) in [7, 11) is 0. The molecule has 84 valence electrons. The second-order valence-electron chi connectivity index (χ2n) is 2.95. The van der Waals surface area contributed by atoms with Crippen molar-refractivity contribution in [1.29, 1.82) is 0 Å². The van der Waals surface area contributed by atoms with Crippen molar-refractivity contribution in [3.05, 3.63) is 28.8 Å². The number of halogens is 1. The molecule has 0 heterocycles. The van der Waals surface area contributed by atoms with Gasteiger partial charge in [-0.3, -0.25) is 4.79 Å². The molecule has 0 aliphatic heterocycles. The average Bonchev–Trinajstić information content (AvgIpc) is 2.23. The van der Waals surface area contributed by atoms with E-state index >= 15 is 0 Å². The number of esters is 1. The van der Waals surface area contributed by atoms with Crippen molar-refractivity contribution in [1.82, 2.24) is 0 Å². The lowest BCUT2D eigenvalue weighted by Crippen LogP contribution is -2.01. The minimum absolute atomic E-state index is 0.000205. The molecule has 0 radical (unpaired) electrons. The Labute approximate surface area is 99.0 Å². The van der Waals surface area contributed by atoms with Crippen molar-refractivity contribution in [2.75, 3.05) is 6.61 Å². The number of hydrogen-bond donors (Lipinski definition) is 1. The number of phenolic OH excluding ortho intramolecular Hbond substituents is 1. The summed E-state index contributed by atoms with van der Waals surface area (Å²) in [5.74, 6) is 4.93. The molecule has 0 saturated heterocycles. The first-order chi connectivity index (χ1) is 7.63. The molecule has 0 unspecified atom stereocenters. The van der Waals surface area contributed by atoms with Gasteiger partial charge in [0.05, 0.1) is 12.2 Å². The van der Waals surface area contributed by atoms with Crippen LogP contribution in [0.2, 0.25) is 5.02 Å². The second-order valence-corrected chi connectivity index (χ2v) is 3.38. The Morgan fingerprint density at radius 1 is 1.56 bits per heavy atom. The number of carbonyl (C=O) groups excluding carboxylic acids is 1. The zero-order chi connectivity index (χ0) is 12.0. The van der Waals surface area contributed by atoms with Crippen LogP contribution in [-0.2, 0) is 9.53 Å². The number of hydrogen-bond acceptors (Lipinski definition) is 3. The molecule has 0 bridgehead atoms. The third kappa shape index (κ3) is 3.84. The number of phenols is 1. The zero-order valence-corrected chi connectivity index (χ0v) is 9.54. The average molecular weight is 239 g/mol. The van der Waals surface area contributed by atoms with Gasteiger partial charge in [-0.15, -0.1) is 0 Å². The van der Waals surface area contributed by atoms with Gasteiger partial charge in [-0.2, -0.15) is 0 Å². The van der Waals surface area contributed by atoms with Gasteiger partial charge in [0.2, 0.25) is 0 Å². The summed E-state index contributed by atoms with van der Waals surface area (Å²) in [4.78, 5) is 11.0. The molecule has 0 saturated carbocycles. The van der Waals surface area contributed by atoms with E-state index < -0.39 is 0 Å². The molecule has 0 spiro atoms. The molecular weight excluding hydrogens is 228 g/mol. The molecule has 1 rings (SSSR count). The first kappa shape index (κ1) is 12.4. The van der Waals surface area contributed by atoms with Crippen LogP contribution in [0.1, 0.15) is 18.9 Å². The fraction of sp³-hybridized carbons (Fsp3) is 0.250. The van der Waals surface area contributed by atoms with E-state index in [4.69, 9.17) is 16.3 Å². The van der Waals surface area contributed by atoms with E-state index in [0.717, 1.165) is 0 Å². The van der Waals surface area contributed by atoms with Crippen LogP contribution in [0.3, 0.4) is 0 Å². The van der Waals surface area contributed by atoms with Crippen LogP contribution in [-0.4, -0.2) is 17.7 Å². The van der Waals surface area contributed by atoms with Crippen LogP contribution >= 0.6 is 11.6 Å². The third-order valence-electron chi connectivity index (χ3n) is 1.72. The second kappa shape index (κ2) is 6.04. The van der Waals surface area contributed by atoms with E-state index in [1.807, 2.05) is 0 Å². The Bertz CT molecular complexity index is 443. The molecule has 0 atom stereocenters. The minimum Gasteiger partial charge on any atom is -0.507 e. The van der Waals surface area contributed by atoms with Crippen LogP contribution in [0.25, 0.3) is 0 Å². The summed E-state index contributed by atoms with van der Waals surface area (Å²) in [5.41, 5.74) is 0.400. The van der Waals surface area contributed by atoms with E-state index in [2.05, 4.69) is 11.8 Å². The topological polar surface area (TPSA) is 46.5 Å². The standard InChI is InChI=1S/C12H11ClO3/c1-2-16-12(15)5-3-4-9-8-10(13)6-7-11(9)14/h6-8,14H,2,5H2,1H3. The maximum atomic E-state index is 11.0. The summed E-state index contributed by atoms with van der Waals surface area (Å²) < 4.78 is 4.70. The molecule has 0 aliphatic rings. The van der Waals surface area contributed by atoms with Crippen molar-refractivity contribution in [3.8, 4) is 17.6 Å². The molecule has 0 fully saturated rings. The van der Waals surface area contributed by atoms with Crippen LogP contribution in [0.4, 0.5) is 0 Å². The largest absolute Gasteiger partial charge is 0.507 e. The van der Waals surface area contributed by atoms with Gasteiger partial charge in [-0.1, -0.05) is 23.4 Å². The maximum Gasteiger partial charge on any atom is 0.317 e. The first-order valence-corrected chi connectivity index (χ1v) is 5.14. The predicted molar refractivity (Wildman–Crippen MR) is 61.2 cm³/mol. The van der Waals surface area contributed by atoms with Crippen molar-refractivity contribution in [3.63, 3.8) is 0 Å². The molecule has 4 heteroatoms. The third-order valence-corrected chi connectivity index (χ3v) is 1.95. The van der Waals surface area contributed by atoms with E-state index in [9.17, 15) is 9.90 Å². The highest BCUT2D eigenvalue weighted by Crippen LogP contribution is 2.20. The van der Waals surface area contributed by atoms with Gasteiger partial charge in [0.1, 0.15) is 12.2 Å². The lowest BCUT2D eigenvalue weighted by Gasteiger charge is -1.97. The Morgan fingerprint density at radius 2 is 2.31 bits per heavy atom. The fourth-order valence-electron chi connectivity index (χ4n) is 1.03. The molecular formula is C12H11ClO3. The Balaban J connectivity index is 2.69. The number of ether oxygens (including phenoxy) is 1. The van der Waals surface area contributed by atoms with Crippen LogP contribution in [0, 0.1) is 11.8 Å². The van der Waals surface area contributed by atoms with Crippen LogP contribution < -0.4 is 0 Å². The lowest BCUT2D eigenvalue weighted by molar-refractivity contribution is -0.141. The van der Waals surface area contributed by atoms with Crippen molar-refractivity contribution in [2.24, 2.45) is 0 Å². The van der Waals surface area contributed by atoms with Crippen LogP contribution in [0.15, 0.2) is 18.2 Å². The molecule has 1 N–H and O–H groups in total. The molecule has 0 aromatic heterocycles. The normalized spacial score (nSPS) is 9.12. The molecule has 0 aliphatic carbocycles. The van der Waals surface area contributed by atoms with Gasteiger partial charge in [0, 0.05) is 5.02 Å². The Kier molecular flexibility index (Phi) is 4.68. The lowest BCUT2D eigenvalue weighted by atomic mass is 10.2. The first-order valence-electron chi connectivity index (χ1n) is 4.76. The fourth-order valence-corrected chi connectivity index (χ4v) is 1.20. The monoisotopic (exact) mass is 238 g/mol. The van der Waals surface area contributed by atoms with E-state index in [1.165, 1.54) is 12.1 Å². The van der Waals surface area contributed by atoms with Gasteiger partial charge in [-0.05, 0) is 25.1 Å². The highest BCUT2D eigenvalue weighted by Gasteiger charge is 1.99. The SMILES string of the molecule is CCOC(=O)CC#Cc1cc(Cl)ccc1O. The van der Waals surface area contributed by atoms with E-state index in [-0.39, 0.29) is 18.1 Å². The highest BCUT2D eigenvalue weighted by atomic mass is 35.5. The molecule has 0 amide bonds. The maximum absolute atomic E-state index is 11.0. The number of benzene rings is 1. The zero-order valence-electron chi connectivity index (χ0n) is 8.79. The molecule has 1 aromatic carbocycles.